The number of benzene rings is 2. The van der Waals surface area contributed by atoms with Crippen molar-refractivity contribution in [1.29, 1.82) is 0 Å². The minimum Gasteiger partial charge on any atom is -0.325 e. The number of nitrogens with one attached hydrogen (secondary N) is 1. The van der Waals surface area contributed by atoms with Crippen LogP contribution in [0.3, 0.4) is 0 Å². The van der Waals surface area contributed by atoms with Gasteiger partial charge in [0.1, 0.15) is 5.82 Å². The minimum atomic E-state index is -0.251. The number of halogens is 3. The molecule has 6 heteroatoms. The molecular weight excluding hydrogens is 421 g/mol. The maximum atomic E-state index is 13.4. The summed E-state index contributed by atoms with van der Waals surface area (Å²) in [6, 6.07) is 12.1. The fraction of sp³-hybridized carbons (Fsp3) is 0.133. The Hall–Kier alpha value is -0.850. The predicted octanol–water partition coefficient (Wildman–Crippen LogP) is 5.47. The summed E-state index contributed by atoms with van der Waals surface area (Å²) in [6.07, 6.45) is 0.321. The van der Waals surface area contributed by atoms with Gasteiger partial charge in [-0.15, -0.1) is 11.8 Å². The molecule has 1 N–H and O–H groups in total. The fourth-order valence-electron chi connectivity index (χ4n) is 1.62. The smallest absolute Gasteiger partial charge is 0.225 e. The molecule has 0 radical (unpaired) electrons. The first-order valence-corrected chi connectivity index (χ1v) is 8.75. The third-order valence-corrected chi connectivity index (χ3v) is 4.83. The van der Waals surface area contributed by atoms with Gasteiger partial charge in [0.2, 0.25) is 5.91 Å². The van der Waals surface area contributed by atoms with Crippen molar-refractivity contribution in [3.8, 4) is 0 Å². The maximum absolute atomic E-state index is 13.4. The van der Waals surface area contributed by atoms with Crippen molar-refractivity contribution in [3.63, 3.8) is 0 Å². The van der Waals surface area contributed by atoms with Gasteiger partial charge in [0.25, 0.3) is 0 Å². The van der Waals surface area contributed by atoms with E-state index in [1.54, 1.807) is 18.2 Å². The van der Waals surface area contributed by atoms with Crippen molar-refractivity contribution in [2.75, 3.05) is 11.1 Å². The van der Waals surface area contributed by atoms with Gasteiger partial charge >= 0.3 is 0 Å². The van der Waals surface area contributed by atoms with E-state index < -0.39 is 0 Å². The molecule has 0 aliphatic rings. The Morgan fingerprint density at radius 2 is 1.95 bits per heavy atom. The molecule has 0 bridgehead atoms. The van der Waals surface area contributed by atoms with Crippen molar-refractivity contribution in [3.05, 3.63) is 57.2 Å². The summed E-state index contributed by atoms with van der Waals surface area (Å²) in [5.41, 5.74) is 0.721. The molecule has 2 rings (SSSR count). The zero-order valence-electron chi connectivity index (χ0n) is 10.9. The highest BCUT2D eigenvalue weighted by Crippen LogP contribution is 2.27. The van der Waals surface area contributed by atoms with E-state index in [9.17, 15) is 9.18 Å². The van der Waals surface area contributed by atoms with Gasteiger partial charge in [-0.25, -0.2) is 4.39 Å². The van der Waals surface area contributed by atoms with Gasteiger partial charge in [0.05, 0.1) is 5.69 Å². The molecule has 0 saturated heterocycles. The molecule has 0 fully saturated rings. The quantitative estimate of drug-likeness (QED) is 0.634. The molecule has 0 aliphatic heterocycles. The Morgan fingerprint density at radius 1 is 1.19 bits per heavy atom. The topological polar surface area (TPSA) is 29.1 Å². The lowest BCUT2D eigenvalue weighted by Gasteiger charge is -2.08. The molecular formula is C15H12Br2FNOS. The van der Waals surface area contributed by atoms with Crippen LogP contribution in [0.5, 0.6) is 0 Å². The lowest BCUT2D eigenvalue weighted by molar-refractivity contribution is -0.115. The summed E-state index contributed by atoms with van der Waals surface area (Å²) in [5.74, 6) is 0.182. The standard InChI is InChI=1S/C15H12Br2FNOS/c16-10-5-6-13(11(17)9-10)19-15(20)7-8-21-14-4-2-1-3-12(14)18/h1-6,9H,7-8H2,(H,19,20). The molecule has 0 saturated carbocycles. The number of hydrogen-bond donors (Lipinski definition) is 1. The van der Waals surface area contributed by atoms with Crippen LogP contribution in [-0.4, -0.2) is 11.7 Å². The van der Waals surface area contributed by atoms with E-state index in [-0.39, 0.29) is 11.7 Å². The SMILES string of the molecule is O=C(CCSc1ccccc1F)Nc1ccc(Br)cc1Br. The van der Waals surface area contributed by atoms with E-state index in [2.05, 4.69) is 37.2 Å². The molecule has 0 spiro atoms. The van der Waals surface area contributed by atoms with Crippen LogP contribution in [0.1, 0.15) is 6.42 Å². The zero-order chi connectivity index (χ0) is 15.2. The van der Waals surface area contributed by atoms with Crippen molar-refractivity contribution >= 4 is 55.2 Å². The average molecular weight is 433 g/mol. The monoisotopic (exact) mass is 431 g/mol. The van der Waals surface area contributed by atoms with Crippen LogP contribution in [0.15, 0.2) is 56.3 Å². The van der Waals surface area contributed by atoms with E-state index >= 15 is 0 Å². The number of amides is 1. The van der Waals surface area contributed by atoms with Crippen LogP contribution >= 0.6 is 43.6 Å². The van der Waals surface area contributed by atoms with E-state index in [1.807, 2.05) is 18.2 Å². The summed E-state index contributed by atoms with van der Waals surface area (Å²) in [4.78, 5) is 12.4. The van der Waals surface area contributed by atoms with Gasteiger partial charge < -0.3 is 5.32 Å². The average Bonchev–Trinajstić information content (AvgIpc) is 2.44. The molecule has 2 aromatic carbocycles. The van der Waals surface area contributed by atoms with Crippen molar-refractivity contribution < 1.29 is 9.18 Å². The van der Waals surface area contributed by atoms with Crippen LogP contribution in [0, 0.1) is 5.82 Å². The summed E-state index contributed by atoms with van der Waals surface area (Å²) in [5, 5.41) is 2.82. The second kappa shape index (κ2) is 7.96. The molecule has 2 aromatic rings. The number of carbonyl (C=O) groups is 1. The van der Waals surface area contributed by atoms with E-state index in [0.29, 0.717) is 17.1 Å². The van der Waals surface area contributed by atoms with Gasteiger partial charge in [-0.3, -0.25) is 4.79 Å². The second-order valence-corrected chi connectivity index (χ2v) is 7.11. The minimum absolute atomic E-state index is 0.0955. The van der Waals surface area contributed by atoms with E-state index in [4.69, 9.17) is 0 Å². The summed E-state index contributed by atoms with van der Waals surface area (Å²) >= 11 is 8.08. The summed E-state index contributed by atoms with van der Waals surface area (Å²) < 4.78 is 15.2. The molecule has 0 heterocycles. The Kier molecular flexibility index (Phi) is 6.26. The molecule has 0 aliphatic carbocycles. The maximum Gasteiger partial charge on any atom is 0.225 e. The number of thioether (sulfide) groups is 1. The molecule has 110 valence electrons. The lowest BCUT2D eigenvalue weighted by atomic mass is 10.3. The lowest BCUT2D eigenvalue weighted by Crippen LogP contribution is -2.12. The van der Waals surface area contributed by atoms with Crippen molar-refractivity contribution in [1.82, 2.24) is 0 Å². The summed E-state index contributed by atoms with van der Waals surface area (Å²) in [7, 11) is 0. The molecule has 0 unspecified atom stereocenters. The number of anilines is 1. The summed E-state index contributed by atoms with van der Waals surface area (Å²) in [6.45, 7) is 0. The van der Waals surface area contributed by atoms with Crippen molar-refractivity contribution in [2.24, 2.45) is 0 Å². The number of carbonyl (C=O) groups excluding carboxylic acids is 1. The van der Waals surface area contributed by atoms with Crippen LogP contribution in [0.4, 0.5) is 10.1 Å². The fourth-order valence-corrected chi connectivity index (χ4v) is 3.65. The Balaban J connectivity index is 1.84. The van der Waals surface area contributed by atoms with E-state index in [1.165, 1.54) is 17.8 Å². The van der Waals surface area contributed by atoms with Crippen LogP contribution in [0.25, 0.3) is 0 Å². The second-order valence-electron chi connectivity index (χ2n) is 4.20. The zero-order valence-corrected chi connectivity index (χ0v) is 14.9. The molecule has 0 aromatic heterocycles. The highest BCUT2D eigenvalue weighted by molar-refractivity contribution is 9.11. The first kappa shape index (κ1) is 16.5. The first-order valence-electron chi connectivity index (χ1n) is 6.18. The van der Waals surface area contributed by atoms with Crippen LogP contribution in [-0.2, 0) is 4.79 Å². The largest absolute Gasteiger partial charge is 0.325 e. The van der Waals surface area contributed by atoms with Crippen molar-refractivity contribution in [2.45, 2.75) is 11.3 Å². The van der Waals surface area contributed by atoms with Gasteiger partial charge in [-0.05, 0) is 46.3 Å². The third-order valence-electron chi connectivity index (χ3n) is 2.63. The van der Waals surface area contributed by atoms with E-state index in [0.717, 1.165) is 14.6 Å². The highest BCUT2D eigenvalue weighted by atomic mass is 79.9. The molecule has 21 heavy (non-hydrogen) atoms. The van der Waals surface area contributed by atoms with Crippen LogP contribution in [0.2, 0.25) is 0 Å². The Morgan fingerprint density at radius 3 is 2.67 bits per heavy atom. The normalized spacial score (nSPS) is 10.4. The molecule has 2 nitrogen and oxygen atoms in total. The number of rotatable bonds is 5. The highest BCUT2D eigenvalue weighted by Gasteiger charge is 2.07. The van der Waals surface area contributed by atoms with Gasteiger partial charge in [-0.2, -0.15) is 0 Å². The molecule has 1 amide bonds. The number of hydrogen-bond acceptors (Lipinski definition) is 2. The van der Waals surface area contributed by atoms with Gasteiger partial charge in [0, 0.05) is 26.0 Å². The predicted molar refractivity (Wildman–Crippen MR) is 92.2 cm³/mol. The van der Waals surface area contributed by atoms with Crippen LogP contribution < -0.4 is 5.32 Å². The Labute approximate surface area is 143 Å². The third kappa shape index (κ3) is 5.13. The molecule has 0 atom stereocenters. The Bertz CT molecular complexity index is 651. The van der Waals surface area contributed by atoms with Gasteiger partial charge in [0.15, 0.2) is 0 Å². The first-order chi connectivity index (χ1) is 10.1. The van der Waals surface area contributed by atoms with Gasteiger partial charge in [-0.1, -0.05) is 28.1 Å².